The summed E-state index contributed by atoms with van der Waals surface area (Å²) in [6.45, 7) is 7.50. The molecule has 0 aliphatic carbocycles. The Bertz CT molecular complexity index is 541. The van der Waals surface area contributed by atoms with Crippen LogP contribution in [0.4, 0.5) is 0 Å². The van der Waals surface area contributed by atoms with E-state index in [4.69, 9.17) is 0 Å². The maximum absolute atomic E-state index is 4.39. The lowest BCUT2D eigenvalue weighted by Gasteiger charge is -2.12. The van der Waals surface area contributed by atoms with Crippen molar-refractivity contribution in [2.24, 2.45) is 10.9 Å². The van der Waals surface area contributed by atoms with E-state index in [0.717, 1.165) is 56.0 Å². The van der Waals surface area contributed by atoms with E-state index in [1.807, 2.05) is 7.05 Å². The van der Waals surface area contributed by atoms with Crippen LogP contribution in [-0.2, 0) is 19.4 Å². The van der Waals surface area contributed by atoms with Gasteiger partial charge < -0.3 is 15.2 Å². The first-order valence-corrected chi connectivity index (χ1v) is 10.6. The summed E-state index contributed by atoms with van der Waals surface area (Å²) in [5, 5.41) is 15.6. The number of hydrogen-bond acceptors (Lipinski definition) is 3. The van der Waals surface area contributed by atoms with Crippen LogP contribution in [0.1, 0.15) is 76.9 Å². The number of fused-ring (bicyclic) bond motifs is 1. The molecule has 6 nitrogen and oxygen atoms in total. The SMILES string of the molecule is CN=C(NCCCCCCC(C)C)NCCc1nnc2n1CCCCC2.I. The van der Waals surface area contributed by atoms with E-state index in [-0.39, 0.29) is 24.0 Å². The lowest BCUT2D eigenvalue weighted by molar-refractivity contribution is 0.518. The van der Waals surface area contributed by atoms with Gasteiger partial charge in [0.05, 0.1) is 0 Å². The fourth-order valence-corrected chi connectivity index (χ4v) is 3.48. The summed E-state index contributed by atoms with van der Waals surface area (Å²) in [5.41, 5.74) is 0. The molecule has 156 valence electrons. The van der Waals surface area contributed by atoms with Gasteiger partial charge in [-0.2, -0.15) is 0 Å². The summed E-state index contributed by atoms with van der Waals surface area (Å²) in [5.74, 6) is 3.99. The van der Waals surface area contributed by atoms with Gasteiger partial charge in [-0.05, 0) is 25.2 Å². The van der Waals surface area contributed by atoms with Crippen molar-refractivity contribution in [2.45, 2.75) is 84.6 Å². The normalized spacial score (nSPS) is 14.4. The molecule has 0 atom stereocenters. The second-order valence-electron chi connectivity index (χ2n) is 7.77. The molecule has 1 aromatic heterocycles. The Hall–Kier alpha value is -0.860. The van der Waals surface area contributed by atoms with E-state index in [1.54, 1.807) is 0 Å². The van der Waals surface area contributed by atoms with Crippen LogP contribution in [0.25, 0.3) is 0 Å². The first-order valence-electron chi connectivity index (χ1n) is 10.6. The molecule has 1 aliphatic heterocycles. The van der Waals surface area contributed by atoms with Crippen LogP contribution in [0.5, 0.6) is 0 Å². The molecule has 2 N–H and O–H groups in total. The van der Waals surface area contributed by atoms with Gasteiger partial charge in [0.1, 0.15) is 11.6 Å². The third-order valence-electron chi connectivity index (χ3n) is 5.05. The van der Waals surface area contributed by atoms with Gasteiger partial charge in [0, 0.05) is 39.5 Å². The van der Waals surface area contributed by atoms with Gasteiger partial charge in [-0.25, -0.2) is 0 Å². The zero-order chi connectivity index (χ0) is 18.6. The molecule has 0 saturated carbocycles. The van der Waals surface area contributed by atoms with Crippen LogP contribution < -0.4 is 10.6 Å². The number of nitrogens with zero attached hydrogens (tertiary/aromatic N) is 4. The van der Waals surface area contributed by atoms with Crippen LogP contribution in [0.15, 0.2) is 4.99 Å². The zero-order valence-corrected chi connectivity index (χ0v) is 19.8. The standard InChI is InChI=1S/C20H38N6.HI/c1-17(2)11-7-4-5-9-14-22-20(21-3)23-15-13-19-25-24-18-12-8-6-10-16-26(18)19;/h17H,4-16H2,1-3H3,(H2,21,22,23);1H. The third-order valence-corrected chi connectivity index (χ3v) is 5.05. The second kappa shape index (κ2) is 14.2. The number of aromatic nitrogens is 3. The number of nitrogens with one attached hydrogen (secondary N) is 2. The molecule has 2 rings (SSSR count). The quantitative estimate of drug-likeness (QED) is 0.226. The Morgan fingerprint density at radius 2 is 1.81 bits per heavy atom. The Labute approximate surface area is 182 Å². The van der Waals surface area contributed by atoms with Crippen molar-refractivity contribution in [3.8, 4) is 0 Å². The highest BCUT2D eigenvalue weighted by Gasteiger charge is 2.14. The molecular weight excluding hydrogens is 451 g/mol. The summed E-state index contributed by atoms with van der Waals surface area (Å²) >= 11 is 0. The second-order valence-corrected chi connectivity index (χ2v) is 7.77. The minimum absolute atomic E-state index is 0. The summed E-state index contributed by atoms with van der Waals surface area (Å²) in [6, 6.07) is 0. The van der Waals surface area contributed by atoms with Gasteiger partial charge in [0.25, 0.3) is 0 Å². The molecule has 0 saturated heterocycles. The highest BCUT2D eigenvalue weighted by Crippen LogP contribution is 2.14. The molecule has 0 radical (unpaired) electrons. The van der Waals surface area contributed by atoms with Gasteiger partial charge in [0.15, 0.2) is 5.96 Å². The maximum atomic E-state index is 4.39. The number of guanidine groups is 1. The first-order chi connectivity index (χ1) is 12.7. The van der Waals surface area contributed by atoms with Crippen LogP contribution in [0, 0.1) is 5.92 Å². The molecule has 2 heterocycles. The number of halogens is 1. The molecule has 0 bridgehead atoms. The first kappa shape index (κ1) is 24.2. The topological polar surface area (TPSA) is 67.1 Å². The molecular formula is C20H39IN6. The van der Waals surface area contributed by atoms with Gasteiger partial charge >= 0.3 is 0 Å². The summed E-state index contributed by atoms with van der Waals surface area (Å²) in [4.78, 5) is 4.32. The Morgan fingerprint density at radius 3 is 2.59 bits per heavy atom. The number of hydrogen-bond donors (Lipinski definition) is 2. The molecule has 1 aromatic rings. The average molecular weight is 490 g/mol. The molecule has 1 aliphatic rings. The predicted octanol–water partition coefficient (Wildman–Crippen LogP) is 3.94. The van der Waals surface area contributed by atoms with Crippen LogP contribution in [0.2, 0.25) is 0 Å². The Kier molecular flexibility index (Phi) is 12.7. The third kappa shape index (κ3) is 9.25. The lowest BCUT2D eigenvalue weighted by Crippen LogP contribution is -2.39. The van der Waals surface area contributed by atoms with Crippen molar-refractivity contribution in [2.75, 3.05) is 20.1 Å². The van der Waals surface area contributed by atoms with Crippen LogP contribution in [-0.4, -0.2) is 40.9 Å². The van der Waals surface area contributed by atoms with E-state index in [1.165, 1.54) is 51.4 Å². The highest BCUT2D eigenvalue weighted by atomic mass is 127. The van der Waals surface area contributed by atoms with Gasteiger partial charge in [-0.3, -0.25) is 4.99 Å². The minimum atomic E-state index is 0. The van der Waals surface area contributed by atoms with Crippen molar-refractivity contribution in [1.29, 1.82) is 0 Å². The summed E-state index contributed by atoms with van der Waals surface area (Å²) in [6.07, 6.45) is 12.3. The van der Waals surface area contributed by atoms with Crippen molar-refractivity contribution < 1.29 is 0 Å². The number of rotatable bonds is 10. The molecule has 0 fully saturated rings. The van der Waals surface area contributed by atoms with Crippen LogP contribution >= 0.6 is 24.0 Å². The van der Waals surface area contributed by atoms with Gasteiger partial charge in [-0.15, -0.1) is 34.2 Å². The molecule has 0 unspecified atom stereocenters. The van der Waals surface area contributed by atoms with Gasteiger partial charge in [0.2, 0.25) is 0 Å². The highest BCUT2D eigenvalue weighted by molar-refractivity contribution is 14.0. The fraction of sp³-hybridized carbons (Fsp3) is 0.850. The molecule has 27 heavy (non-hydrogen) atoms. The largest absolute Gasteiger partial charge is 0.356 e. The minimum Gasteiger partial charge on any atom is -0.356 e. The van der Waals surface area contributed by atoms with E-state index in [0.29, 0.717) is 0 Å². The molecule has 7 heteroatoms. The van der Waals surface area contributed by atoms with Crippen molar-refractivity contribution in [3.05, 3.63) is 11.6 Å². The Balaban J connectivity index is 0.00000364. The van der Waals surface area contributed by atoms with Crippen molar-refractivity contribution in [3.63, 3.8) is 0 Å². The van der Waals surface area contributed by atoms with Gasteiger partial charge in [-0.1, -0.05) is 46.0 Å². The Morgan fingerprint density at radius 1 is 1.04 bits per heavy atom. The molecule has 0 aromatic carbocycles. The van der Waals surface area contributed by atoms with E-state index in [2.05, 4.69) is 44.2 Å². The van der Waals surface area contributed by atoms with E-state index >= 15 is 0 Å². The summed E-state index contributed by atoms with van der Waals surface area (Å²) in [7, 11) is 1.83. The summed E-state index contributed by atoms with van der Waals surface area (Å²) < 4.78 is 2.32. The lowest BCUT2D eigenvalue weighted by atomic mass is 10.0. The van der Waals surface area contributed by atoms with E-state index in [9.17, 15) is 0 Å². The zero-order valence-electron chi connectivity index (χ0n) is 17.5. The number of aliphatic imine (C=N–C) groups is 1. The van der Waals surface area contributed by atoms with E-state index < -0.39 is 0 Å². The van der Waals surface area contributed by atoms with Crippen molar-refractivity contribution in [1.82, 2.24) is 25.4 Å². The smallest absolute Gasteiger partial charge is 0.190 e. The predicted molar refractivity (Wildman–Crippen MR) is 124 cm³/mol. The number of aryl methyl sites for hydroxylation is 1. The average Bonchev–Trinajstić information content (AvgIpc) is 2.86. The van der Waals surface area contributed by atoms with Crippen molar-refractivity contribution >= 4 is 29.9 Å². The van der Waals surface area contributed by atoms with Crippen LogP contribution in [0.3, 0.4) is 0 Å². The monoisotopic (exact) mass is 490 g/mol. The maximum Gasteiger partial charge on any atom is 0.190 e. The number of unbranched alkanes of at least 4 members (excludes halogenated alkanes) is 3. The molecule has 0 spiro atoms. The fourth-order valence-electron chi connectivity index (χ4n) is 3.48. The molecule has 0 amide bonds.